The summed E-state index contributed by atoms with van der Waals surface area (Å²) in [6, 6.07) is 1.33. The van der Waals surface area contributed by atoms with Crippen molar-refractivity contribution >= 4 is 38.4 Å². The van der Waals surface area contributed by atoms with E-state index < -0.39 is 5.95 Å². The number of urea groups is 1. The highest BCUT2D eigenvalue weighted by Crippen LogP contribution is 2.41. The molecular weight excluding hydrogens is 435 g/mol. The second-order valence-corrected chi connectivity index (χ2v) is 9.20. The van der Waals surface area contributed by atoms with Gasteiger partial charge >= 0.3 is 6.03 Å². The molecule has 0 saturated carbocycles. The maximum Gasteiger partial charge on any atom is 0.323 e. The van der Waals surface area contributed by atoms with E-state index in [0.29, 0.717) is 34.2 Å². The molecule has 9 nitrogen and oxygen atoms in total. The zero-order valence-corrected chi connectivity index (χ0v) is 18.4. The predicted molar refractivity (Wildman–Crippen MR) is 119 cm³/mol. The number of hydrogen-bond donors (Lipinski definition) is 2. The minimum absolute atomic E-state index is 0.0550. The van der Waals surface area contributed by atoms with Crippen LogP contribution in [-0.4, -0.2) is 59.3 Å². The highest BCUT2D eigenvalue weighted by molar-refractivity contribution is 7.23. The largest absolute Gasteiger partial charge is 0.479 e. The van der Waals surface area contributed by atoms with E-state index in [9.17, 15) is 9.18 Å². The molecule has 0 bridgehead atoms. The van der Waals surface area contributed by atoms with Crippen molar-refractivity contribution in [2.45, 2.75) is 19.3 Å². The Labute approximate surface area is 187 Å². The number of hydrogen-bond acceptors (Lipinski definition) is 8. The number of fused-ring (bicyclic) bond motifs is 1. The molecule has 3 aromatic heterocycles. The number of carbonyl (C=O) groups is 1. The van der Waals surface area contributed by atoms with Gasteiger partial charge in [0.15, 0.2) is 5.13 Å². The molecule has 0 aliphatic carbocycles. The second kappa shape index (κ2) is 8.14. The number of thiazole rings is 1. The summed E-state index contributed by atoms with van der Waals surface area (Å²) in [6.45, 7) is 2.95. The fourth-order valence-corrected chi connectivity index (χ4v) is 5.38. The van der Waals surface area contributed by atoms with Gasteiger partial charge in [0.2, 0.25) is 11.8 Å². The lowest BCUT2D eigenvalue weighted by atomic mass is 9.80. The van der Waals surface area contributed by atoms with Gasteiger partial charge in [-0.1, -0.05) is 11.3 Å². The van der Waals surface area contributed by atoms with Crippen molar-refractivity contribution in [2.24, 2.45) is 5.41 Å². The molecule has 168 valence electrons. The average Bonchev–Trinajstić information content (AvgIpc) is 3.40. The molecule has 0 atom stereocenters. The molecule has 0 radical (unpaired) electrons. The Bertz CT molecular complexity index is 1180. The molecule has 2 saturated heterocycles. The molecule has 3 aromatic rings. The smallest absolute Gasteiger partial charge is 0.323 e. The second-order valence-electron chi connectivity index (χ2n) is 8.20. The quantitative estimate of drug-likeness (QED) is 0.577. The topological polar surface area (TPSA) is 115 Å². The van der Waals surface area contributed by atoms with Crippen molar-refractivity contribution in [3.63, 3.8) is 0 Å². The van der Waals surface area contributed by atoms with E-state index in [-0.39, 0.29) is 17.1 Å². The van der Waals surface area contributed by atoms with Gasteiger partial charge in [-0.3, -0.25) is 5.32 Å². The number of rotatable bonds is 3. The van der Waals surface area contributed by atoms with E-state index in [1.165, 1.54) is 30.7 Å². The summed E-state index contributed by atoms with van der Waals surface area (Å²) in [5, 5.41) is 3.36. The van der Waals surface area contributed by atoms with E-state index in [2.05, 4.69) is 20.3 Å². The van der Waals surface area contributed by atoms with Gasteiger partial charge in [0.1, 0.15) is 5.52 Å². The third kappa shape index (κ3) is 3.71. The van der Waals surface area contributed by atoms with Gasteiger partial charge in [0.05, 0.1) is 17.5 Å². The number of nitrogens with one attached hydrogen (secondary N) is 1. The first-order valence-corrected chi connectivity index (χ1v) is 11.2. The molecule has 5 rings (SSSR count). The van der Waals surface area contributed by atoms with E-state index in [4.69, 9.17) is 15.2 Å². The van der Waals surface area contributed by atoms with Crippen LogP contribution < -0.4 is 15.8 Å². The number of halogens is 1. The molecule has 3 N–H and O–H groups in total. The number of methoxy groups -OCH3 is 1. The summed E-state index contributed by atoms with van der Waals surface area (Å²) >= 11 is 1.30. The van der Waals surface area contributed by atoms with E-state index in [1.807, 2.05) is 4.90 Å². The lowest BCUT2D eigenvalue weighted by molar-refractivity contribution is 0.0211. The fraction of sp³-hybridized carbons (Fsp3) is 0.429. The summed E-state index contributed by atoms with van der Waals surface area (Å²) in [6.07, 6.45) is 5.96. The number of likely N-dealkylation sites (tertiary alicyclic amines) is 1. The molecule has 5 heterocycles. The van der Waals surface area contributed by atoms with Gasteiger partial charge in [-0.05, 0) is 30.7 Å². The minimum atomic E-state index is -0.725. The lowest BCUT2D eigenvalue weighted by Gasteiger charge is -2.33. The molecule has 32 heavy (non-hydrogen) atoms. The third-order valence-electron chi connectivity index (χ3n) is 6.25. The number of pyridine rings is 2. The van der Waals surface area contributed by atoms with E-state index in [0.717, 1.165) is 43.7 Å². The molecule has 2 aliphatic heterocycles. The van der Waals surface area contributed by atoms with Gasteiger partial charge in [-0.2, -0.15) is 4.39 Å². The van der Waals surface area contributed by atoms with Crippen LogP contribution in [0.25, 0.3) is 21.3 Å². The zero-order valence-electron chi connectivity index (χ0n) is 17.6. The molecule has 2 amide bonds. The van der Waals surface area contributed by atoms with Crippen LogP contribution in [0.3, 0.4) is 0 Å². The standard InChI is InChI=1S/C21H23FN6O3S/c1-30-18-15-16(13(10-25-18)12-8-14(23)17(22)24-9-12)32-19(26-15)27-20(29)28-5-2-21(11-28)3-6-31-7-4-21/h8-10H,2-7,11,23H2,1H3,(H,26,27,29). The van der Waals surface area contributed by atoms with Gasteiger partial charge in [-0.25, -0.2) is 19.7 Å². The van der Waals surface area contributed by atoms with Crippen LogP contribution in [0.1, 0.15) is 19.3 Å². The van der Waals surface area contributed by atoms with Crippen molar-refractivity contribution in [1.82, 2.24) is 19.9 Å². The molecule has 0 unspecified atom stereocenters. The van der Waals surface area contributed by atoms with Gasteiger partial charge in [0, 0.05) is 49.8 Å². The molecule has 0 aromatic carbocycles. The fourth-order valence-electron chi connectivity index (χ4n) is 4.40. The van der Waals surface area contributed by atoms with E-state index >= 15 is 0 Å². The van der Waals surface area contributed by atoms with Crippen molar-refractivity contribution in [2.75, 3.05) is 44.5 Å². The Balaban J connectivity index is 1.42. The predicted octanol–water partition coefficient (Wildman–Crippen LogP) is 3.52. The highest BCUT2D eigenvalue weighted by atomic mass is 32.1. The zero-order chi connectivity index (χ0) is 22.3. The SMILES string of the molecule is COc1ncc(-c2cnc(F)c(N)c2)c2sc(NC(=O)N3CCC4(CCOCC4)C3)nc12. The van der Waals surface area contributed by atoms with Crippen LogP contribution in [0.4, 0.5) is 20.0 Å². The third-order valence-corrected chi connectivity index (χ3v) is 7.25. The Hall–Kier alpha value is -3.05. The van der Waals surface area contributed by atoms with Crippen molar-refractivity contribution in [3.8, 4) is 17.0 Å². The van der Waals surface area contributed by atoms with Gasteiger partial charge < -0.3 is 20.1 Å². The number of carbonyl (C=O) groups excluding carboxylic acids is 1. The molecule has 2 aliphatic rings. The average molecular weight is 459 g/mol. The number of anilines is 2. The maximum atomic E-state index is 13.5. The Kier molecular flexibility index (Phi) is 5.30. The monoisotopic (exact) mass is 458 g/mol. The van der Waals surface area contributed by atoms with Gasteiger partial charge in [0.25, 0.3) is 0 Å². The number of amides is 2. The van der Waals surface area contributed by atoms with Crippen LogP contribution in [0.2, 0.25) is 0 Å². The lowest BCUT2D eigenvalue weighted by Crippen LogP contribution is -2.37. The first-order valence-electron chi connectivity index (χ1n) is 10.4. The Morgan fingerprint density at radius 1 is 1.31 bits per heavy atom. The normalized spacial score (nSPS) is 17.8. The van der Waals surface area contributed by atoms with Gasteiger partial charge in [-0.15, -0.1) is 0 Å². The highest BCUT2D eigenvalue weighted by Gasteiger charge is 2.41. The number of nitrogens with zero attached hydrogens (tertiary/aromatic N) is 4. The summed E-state index contributed by atoms with van der Waals surface area (Å²) in [5.74, 6) is -0.387. The molecule has 2 fully saturated rings. The van der Waals surface area contributed by atoms with Crippen LogP contribution in [-0.2, 0) is 4.74 Å². The van der Waals surface area contributed by atoms with Crippen LogP contribution in [0, 0.1) is 11.4 Å². The molecule has 11 heteroatoms. The Morgan fingerprint density at radius 3 is 2.88 bits per heavy atom. The first-order chi connectivity index (χ1) is 15.5. The summed E-state index contributed by atoms with van der Waals surface area (Å²) in [5.41, 5.74) is 7.60. The number of nitrogen functional groups attached to an aromatic ring is 1. The van der Waals surface area contributed by atoms with Crippen molar-refractivity contribution in [3.05, 3.63) is 24.4 Å². The van der Waals surface area contributed by atoms with E-state index in [1.54, 1.807) is 6.20 Å². The van der Waals surface area contributed by atoms with Crippen LogP contribution in [0.5, 0.6) is 5.88 Å². The maximum absolute atomic E-state index is 13.5. The summed E-state index contributed by atoms with van der Waals surface area (Å²) in [7, 11) is 1.51. The molecular formula is C21H23FN6O3S. The molecule has 1 spiro atoms. The summed E-state index contributed by atoms with van der Waals surface area (Å²) < 4.78 is 25.1. The Morgan fingerprint density at radius 2 is 2.12 bits per heavy atom. The number of ether oxygens (including phenoxy) is 2. The van der Waals surface area contributed by atoms with Crippen molar-refractivity contribution in [1.29, 1.82) is 0 Å². The minimum Gasteiger partial charge on any atom is -0.479 e. The summed E-state index contributed by atoms with van der Waals surface area (Å²) in [4.78, 5) is 27.3. The number of aromatic nitrogens is 3. The first kappa shape index (κ1) is 20.8. The van der Waals surface area contributed by atoms with Crippen molar-refractivity contribution < 1.29 is 18.7 Å². The van der Waals surface area contributed by atoms with Crippen LogP contribution >= 0.6 is 11.3 Å². The number of nitrogens with two attached hydrogens (primary N) is 1. The van der Waals surface area contributed by atoms with Crippen LogP contribution in [0.15, 0.2) is 18.5 Å².